The number of hydrogen-bond donors (Lipinski definition) is 1. The fraction of sp³-hybridized carbons (Fsp3) is 0.100. The smallest absolute Gasteiger partial charge is 0.176 e. The van der Waals surface area contributed by atoms with E-state index in [2.05, 4.69) is 5.92 Å². The molecule has 0 aromatic heterocycles. The first kappa shape index (κ1) is 9.27. The standard InChI is InChI=1S/C10H8FNO/c1-2-4-9(13)7-5-3-6-8(11)10(7)12/h1,3,5-6H,4,12H2. The van der Waals surface area contributed by atoms with Gasteiger partial charge in [-0.3, -0.25) is 4.79 Å². The third-order valence-electron chi connectivity index (χ3n) is 1.62. The molecule has 0 aliphatic rings. The Balaban J connectivity index is 3.09. The van der Waals surface area contributed by atoms with Gasteiger partial charge in [0.25, 0.3) is 0 Å². The molecule has 66 valence electrons. The number of anilines is 1. The van der Waals surface area contributed by atoms with Crippen molar-refractivity contribution in [1.29, 1.82) is 0 Å². The van der Waals surface area contributed by atoms with Gasteiger partial charge in [-0.25, -0.2) is 4.39 Å². The maximum atomic E-state index is 12.9. The van der Waals surface area contributed by atoms with Crippen LogP contribution in [-0.4, -0.2) is 5.78 Å². The van der Waals surface area contributed by atoms with Crippen molar-refractivity contribution in [3.63, 3.8) is 0 Å². The zero-order valence-electron chi connectivity index (χ0n) is 6.88. The summed E-state index contributed by atoms with van der Waals surface area (Å²) in [6.07, 6.45) is 4.89. The van der Waals surface area contributed by atoms with Gasteiger partial charge in [0.1, 0.15) is 5.82 Å². The summed E-state index contributed by atoms with van der Waals surface area (Å²) in [7, 11) is 0. The van der Waals surface area contributed by atoms with Gasteiger partial charge in [-0.2, -0.15) is 0 Å². The lowest BCUT2D eigenvalue weighted by atomic mass is 10.1. The largest absolute Gasteiger partial charge is 0.396 e. The van der Waals surface area contributed by atoms with Gasteiger partial charge in [0.2, 0.25) is 0 Å². The van der Waals surface area contributed by atoms with Gasteiger partial charge in [0.05, 0.1) is 12.1 Å². The van der Waals surface area contributed by atoms with Crippen LogP contribution in [0.4, 0.5) is 10.1 Å². The Kier molecular flexibility index (Phi) is 2.65. The van der Waals surface area contributed by atoms with Crippen molar-refractivity contribution in [2.75, 3.05) is 5.73 Å². The number of rotatable bonds is 2. The van der Waals surface area contributed by atoms with Crippen molar-refractivity contribution >= 4 is 11.5 Å². The van der Waals surface area contributed by atoms with E-state index in [1.54, 1.807) is 0 Å². The van der Waals surface area contributed by atoms with E-state index < -0.39 is 5.82 Å². The van der Waals surface area contributed by atoms with Gasteiger partial charge >= 0.3 is 0 Å². The zero-order valence-corrected chi connectivity index (χ0v) is 6.88. The second kappa shape index (κ2) is 3.72. The van der Waals surface area contributed by atoms with Crippen LogP contribution in [0.3, 0.4) is 0 Å². The lowest BCUT2D eigenvalue weighted by Gasteiger charge is -2.02. The predicted octanol–water partition coefficient (Wildman–Crippen LogP) is 1.61. The Morgan fingerprint density at radius 3 is 2.92 bits per heavy atom. The Labute approximate surface area is 75.6 Å². The van der Waals surface area contributed by atoms with E-state index in [4.69, 9.17) is 12.2 Å². The molecule has 0 bridgehead atoms. The molecule has 0 saturated heterocycles. The minimum atomic E-state index is -0.595. The van der Waals surface area contributed by atoms with Crippen molar-refractivity contribution in [3.05, 3.63) is 29.6 Å². The molecule has 13 heavy (non-hydrogen) atoms. The summed E-state index contributed by atoms with van der Waals surface area (Å²) in [5.74, 6) is 1.26. The van der Waals surface area contributed by atoms with Crippen LogP contribution < -0.4 is 5.73 Å². The topological polar surface area (TPSA) is 43.1 Å². The number of para-hydroxylation sites is 1. The SMILES string of the molecule is C#CCC(=O)c1cccc(F)c1N. The van der Waals surface area contributed by atoms with Crippen LogP contribution in [0.2, 0.25) is 0 Å². The van der Waals surface area contributed by atoms with Gasteiger partial charge in [0, 0.05) is 5.56 Å². The Morgan fingerprint density at radius 1 is 1.62 bits per heavy atom. The second-order valence-corrected chi connectivity index (χ2v) is 2.51. The zero-order chi connectivity index (χ0) is 9.84. The van der Waals surface area contributed by atoms with Crippen LogP contribution in [0.1, 0.15) is 16.8 Å². The van der Waals surface area contributed by atoms with Crippen molar-refractivity contribution in [2.45, 2.75) is 6.42 Å². The first-order valence-electron chi connectivity index (χ1n) is 3.67. The number of carbonyl (C=O) groups excluding carboxylic acids is 1. The molecule has 1 aromatic carbocycles. The highest BCUT2D eigenvalue weighted by atomic mass is 19.1. The highest BCUT2D eigenvalue weighted by Gasteiger charge is 2.10. The summed E-state index contributed by atoms with van der Waals surface area (Å²) in [5, 5.41) is 0. The molecular formula is C10H8FNO. The van der Waals surface area contributed by atoms with Gasteiger partial charge < -0.3 is 5.73 Å². The molecule has 0 aliphatic carbocycles. The minimum Gasteiger partial charge on any atom is -0.396 e. The summed E-state index contributed by atoms with van der Waals surface area (Å²) in [6.45, 7) is 0. The van der Waals surface area contributed by atoms with E-state index in [-0.39, 0.29) is 23.5 Å². The maximum absolute atomic E-state index is 12.9. The molecule has 0 heterocycles. The Morgan fingerprint density at radius 2 is 2.31 bits per heavy atom. The lowest BCUT2D eigenvalue weighted by Crippen LogP contribution is -2.04. The number of nitrogen functional groups attached to an aromatic ring is 1. The molecule has 1 aromatic rings. The molecule has 0 saturated carbocycles. The number of halogens is 1. The molecule has 0 radical (unpaired) electrons. The van der Waals surface area contributed by atoms with Crippen molar-refractivity contribution in [1.82, 2.24) is 0 Å². The summed E-state index contributed by atoms with van der Waals surface area (Å²) >= 11 is 0. The third kappa shape index (κ3) is 1.85. The highest BCUT2D eigenvalue weighted by Crippen LogP contribution is 2.16. The van der Waals surface area contributed by atoms with Crippen LogP contribution in [0, 0.1) is 18.2 Å². The number of carbonyl (C=O) groups is 1. The number of benzene rings is 1. The number of terminal acetylenes is 1. The van der Waals surface area contributed by atoms with Crippen LogP contribution in [0.5, 0.6) is 0 Å². The molecule has 0 amide bonds. The Hall–Kier alpha value is -1.82. The number of Topliss-reactive ketones (excluding diaryl/α,β-unsaturated/α-hetero) is 1. The molecule has 0 atom stereocenters. The van der Waals surface area contributed by atoms with Gasteiger partial charge in [-0.1, -0.05) is 12.0 Å². The molecule has 2 N–H and O–H groups in total. The number of ketones is 1. The summed E-state index contributed by atoms with van der Waals surface area (Å²) in [6, 6.07) is 4.08. The van der Waals surface area contributed by atoms with Crippen LogP contribution in [0.15, 0.2) is 18.2 Å². The predicted molar refractivity (Wildman–Crippen MR) is 48.6 cm³/mol. The molecule has 0 fully saturated rings. The quantitative estimate of drug-likeness (QED) is 0.423. The third-order valence-corrected chi connectivity index (χ3v) is 1.62. The monoisotopic (exact) mass is 177 g/mol. The summed E-state index contributed by atoms with van der Waals surface area (Å²) in [5.41, 5.74) is 5.36. The van der Waals surface area contributed by atoms with E-state index in [0.29, 0.717) is 0 Å². The van der Waals surface area contributed by atoms with Gasteiger partial charge in [-0.15, -0.1) is 6.42 Å². The molecule has 0 unspecified atom stereocenters. The first-order valence-corrected chi connectivity index (χ1v) is 3.67. The average Bonchev–Trinajstić information content (AvgIpc) is 2.10. The van der Waals surface area contributed by atoms with E-state index in [1.807, 2.05) is 0 Å². The molecule has 0 spiro atoms. The number of nitrogens with two attached hydrogens (primary N) is 1. The lowest BCUT2D eigenvalue weighted by molar-refractivity contribution is 0.0998. The molecule has 1 rings (SSSR count). The summed E-state index contributed by atoms with van der Waals surface area (Å²) < 4.78 is 12.9. The van der Waals surface area contributed by atoms with Crippen molar-refractivity contribution < 1.29 is 9.18 Å². The fourth-order valence-electron chi connectivity index (χ4n) is 0.968. The molecule has 3 heteroatoms. The second-order valence-electron chi connectivity index (χ2n) is 2.51. The molecule has 2 nitrogen and oxygen atoms in total. The minimum absolute atomic E-state index is 0.0619. The van der Waals surface area contributed by atoms with Crippen LogP contribution in [0.25, 0.3) is 0 Å². The van der Waals surface area contributed by atoms with Crippen molar-refractivity contribution in [3.8, 4) is 12.3 Å². The van der Waals surface area contributed by atoms with Gasteiger partial charge in [0.15, 0.2) is 5.78 Å². The molecular weight excluding hydrogens is 169 g/mol. The highest BCUT2D eigenvalue weighted by molar-refractivity contribution is 6.01. The van der Waals surface area contributed by atoms with Gasteiger partial charge in [-0.05, 0) is 12.1 Å². The first-order chi connectivity index (χ1) is 6.16. The van der Waals surface area contributed by atoms with E-state index in [9.17, 15) is 9.18 Å². The molecule has 0 aliphatic heterocycles. The van der Waals surface area contributed by atoms with Crippen molar-refractivity contribution in [2.24, 2.45) is 0 Å². The average molecular weight is 177 g/mol. The van der Waals surface area contributed by atoms with E-state index in [0.717, 1.165) is 0 Å². The van der Waals surface area contributed by atoms with E-state index >= 15 is 0 Å². The number of hydrogen-bond acceptors (Lipinski definition) is 2. The maximum Gasteiger partial charge on any atom is 0.176 e. The van der Waals surface area contributed by atoms with E-state index in [1.165, 1.54) is 18.2 Å². The normalized spacial score (nSPS) is 9.23. The fourth-order valence-corrected chi connectivity index (χ4v) is 0.968. The summed E-state index contributed by atoms with van der Waals surface area (Å²) in [4.78, 5) is 11.2. The van der Waals surface area contributed by atoms with Crippen LogP contribution >= 0.6 is 0 Å². The Bertz CT molecular complexity index is 379. The van der Waals surface area contributed by atoms with Crippen LogP contribution in [-0.2, 0) is 0 Å².